The lowest BCUT2D eigenvalue weighted by molar-refractivity contribution is -0.129. The number of halogens is 6. The highest BCUT2D eigenvalue weighted by atomic mass is 79.9. The molecule has 0 saturated heterocycles. The van der Waals surface area contributed by atoms with Crippen LogP contribution in [0, 0.1) is 17.8 Å². The summed E-state index contributed by atoms with van der Waals surface area (Å²) in [6.45, 7) is 3.43. The predicted molar refractivity (Wildman–Crippen MR) is 205 cm³/mol. The van der Waals surface area contributed by atoms with Crippen molar-refractivity contribution >= 4 is 62.6 Å². The van der Waals surface area contributed by atoms with Gasteiger partial charge in [0.25, 0.3) is 11.9 Å². The number of carbonyl (C=O) groups excluding carboxylic acids is 2. The fourth-order valence-corrected chi connectivity index (χ4v) is 8.06. The van der Waals surface area contributed by atoms with E-state index in [1.165, 1.54) is 28.1 Å². The zero-order valence-corrected chi connectivity index (χ0v) is 32.9. The summed E-state index contributed by atoms with van der Waals surface area (Å²) in [5.41, 5.74) is 0.284. The van der Waals surface area contributed by atoms with Crippen molar-refractivity contribution in [1.82, 2.24) is 24.8 Å². The molecule has 2 unspecified atom stereocenters. The number of aliphatic imine (C=N–C) groups is 2. The molecule has 4 aliphatic heterocycles. The molecule has 17 heteroatoms. The van der Waals surface area contributed by atoms with Gasteiger partial charge in [0.1, 0.15) is 44.6 Å². The molecule has 7 heterocycles. The van der Waals surface area contributed by atoms with E-state index in [1.54, 1.807) is 70.4 Å². The first-order valence-electron chi connectivity index (χ1n) is 16.9. The third-order valence-electron chi connectivity index (χ3n) is 10.2. The van der Waals surface area contributed by atoms with Gasteiger partial charge < -0.3 is 19.3 Å². The number of carbonyl (C=O) groups is 2. The van der Waals surface area contributed by atoms with Crippen molar-refractivity contribution in [3.05, 3.63) is 122 Å². The first kappa shape index (κ1) is 37.5. The average molecular weight is 865 g/mol. The van der Waals surface area contributed by atoms with Crippen LogP contribution in [0.15, 0.2) is 81.3 Å². The summed E-state index contributed by atoms with van der Waals surface area (Å²) >= 11 is 15.5. The van der Waals surface area contributed by atoms with Gasteiger partial charge in [-0.1, -0.05) is 45.2 Å². The van der Waals surface area contributed by atoms with Crippen molar-refractivity contribution in [2.24, 2.45) is 9.98 Å². The van der Waals surface area contributed by atoms with Crippen LogP contribution in [0.2, 0.25) is 10.3 Å². The van der Waals surface area contributed by atoms with Gasteiger partial charge in [0.05, 0.1) is 12.8 Å². The highest BCUT2D eigenvalue weighted by Gasteiger charge is 2.50. The van der Waals surface area contributed by atoms with E-state index >= 15 is 0 Å². The Hall–Kier alpha value is -5.38. The number of amidine groups is 2. The van der Waals surface area contributed by atoms with Gasteiger partial charge in [0.15, 0.2) is 11.5 Å². The Morgan fingerprint density at radius 2 is 1.20 bits per heavy atom. The van der Waals surface area contributed by atoms with Crippen LogP contribution in [0.4, 0.5) is 13.2 Å². The van der Waals surface area contributed by atoms with Crippen LogP contribution in [0.3, 0.4) is 0 Å². The number of hydrogen-bond donors (Lipinski definition) is 0. The van der Waals surface area contributed by atoms with Gasteiger partial charge in [0, 0.05) is 52.6 Å². The minimum atomic E-state index is -1.29. The minimum Gasteiger partial charge on any atom is -0.452 e. The number of hydrogen-bond acceptors (Lipinski definition) is 9. The van der Waals surface area contributed by atoms with E-state index in [0.717, 1.165) is 4.47 Å². The topological polar surface area (TPSA) is 122 Å². The first-order valence-corrected chi connectivity index (χ1v) is 18.5. The second kappa shape index (κ2) is 13.7. The Morgan fingerprint density at radius 3 is 1.70 bits per heavy atom. The SMILES string of the molecule is CC1=NC2(CC(=O)N1C)c1cc(-c3cccnc3F)ccc1Oc1c2cc(Cl)nc1F.CC1=NC2(CC(=O)N1C)c1cc(Br)ccc1Oc1c2cc(Cl)nc1F. The van der Waals surface area contributed by atoms with E-state index in [2.05, 4.69) is 30.9 Å². The Balaban J connectivity index is 0.000000161. The summed E-state index contributed by atoms with van der Waals surface area (Å²) in [5.74, 6) is -1.15. The highest BCUT2D eigenvalue weighted by molar-refractivity contribution is 9.10. The van der Waals surface area contributed by atoms with Crippen molar-refractivity contribution in [3.8, 4) is 34.1 Å². The fraction of sp³-hybridized carbons (Fsp3) is 0.205. The molecule has 284 valence electrons. The summed E-state index contributed by atoms with van der Waals surface area (Å²) < 4.78 is 55.9. The summed E-state index contributed by atoms with van der Waals surface area (Å²) in [4.78, 5) is 48.9. The maximum absolute atomic E-state index is 14.7. The molecule has 3 aromatic heterocycles. The van der Waals surface area contributed by atoms with Crippen LogP contribution in [-0.4, -0.2) is 62.3 Å². The van der Waals surface area contributed by atoms with Gasteiger partial charge in [-0.2, -0.15) is 13.2 Å². The summed E-state index contributed by atoms with van der Waals surface area (Å²) in [6.07, 6.45) is 1.32. The van der Waals surface area contributed by atoms with E-state index in [9.17, 15) is 22.8 Å². The number of pyridine rings is 3. The van der Waals surface area contributed by atoms with Crippen molar-refractivity contribution < 1.29 is 32.2 Å². The second-order valence-electron chi connectivity index (χ2n) is 13.4. The molecule has 56 heavy (non-hydrogen) atoms. The fourth-order valence-electron chi connectivity index (χ4n) is 7.33. The Morgan fingerprint density at radius 1 is 0.696 bits per heavy atom. The van der Waals surface area contributed by atoms with E-state index in [-0.39, 0.29) is 52.0 Å². The molecule has 0 N–H and O–H groups in total. The summed E-state index contributed by atoms with van der Waals surface area (Å²) in [5, 5.41) is -0.103. The maximum Gasteiger partial charge on any atom is 0.257 e. The number of nitrogens with zero attached hydrogens (tertiary/aromatic N) is 7. The zero-order valence-electron chi connectivity index (χ0n) is 29.8. The molecule has 11 nitrogen and oxygen atoms in total. The van der Waals surface area contributed by atoms with E-state index < -0.39 is 28.9 Å². The second-order valence-corrected chi connectivity index (χ2v) is 15.1. The van der Waals surface area contributed by atoms with E-state index in [4.69, 9.17) is 42.7 Å². The quantitative estimate of drug-likeness (QED) is 0.154. The van der Waals surface area contributed by atoms with Gasteiger partial charge in [-0.3, -0.25) is 19.6 Å². The molecule has 2 spiro atoms. The molecule has 0 saturated carbocycles. The molecule has 0 radical (unpaired) electrons. The van der Waals surface area contributed by atoms with Gasteiger partial charge in [-0.05, 0) is 74.0 Å². The molecule has 2 amide bonds. The largest absolute Gasteiger partial charge is 0.452 e. The smallest absolute Gasteiger partial charge is 0.257 e. The summed E-state index contributed by atoms with van der Waals surface area (Å²) in [6, 6.07) is 16.5. The van der Waals surface area contributed by atoms with Crippen LogP contribution in [0.5, 0.6) is 23.0 Å². The van der Waals surface area contributed by atoms with Crippen molar-refractivity contribution in [2.45, 2.75) is 37.8 Å². The zero-order chi connectivity index (χ0) is 39.8. The molecular weight excluding hydrogens is 838 g/mol. The molecule has 2 aromatic carbocycles. The molecule has 9 rings (SSSR count). The average Bonchev–Trinajstić information content (AvgIpc) is 3.15. The number of benzene rings is 2. The molecule has 0 aliphatic carbocycles. The Labute approximate surface area is 336 Å². The normalized spacial score (nSPS) is 20.5. The van der Waals surface area contributed by atoms with Crippen molar-refractivity contribution in [1.29, 1.82) is 0 Å². The molecule has 2 atom stereocenters. The number of fused-ring (bicyclic) bond motifs is 8. The Bertz CT molecular complexity index is 2610. The lowest BCUT2D eigenvalue weighted by Gasteiger charge is -2.41. The minimum absolute atomic E-state index is 0.0168. The van der Waals surface area contributed by atoms with Gasteiger partial charge in [0.2, 0.25) is 17.8 Å². The van der Waals surface area contributed by atoms with E-state index in [0.29, 0.717) is 51.0 Å². The monoisotopic (exact) mass is 863 g/mol. The van der Waals surface area contributed by atoms with Gasteiger partial charge in [-0.15, -0.1) is 0 Å². The van der Waals surface area contributed by atoms with E-state index in [1.807, 2.05) is 6.07 Å². The standard InChI is InChI=1S/C22H15ClF2N4O2.C17H12BrClFN3O2/c1-11-28-22(10-18(30)29(11)2)14-8-12(13-4-3-7-26-20(13)24)5-6-16(14)31-19-15(22)9-17(23)27-21(19)25;1-8-22-17(7-14(24)23(8)2)10-5-9(18)3-4-12(10)25-15-11(17)6-13(19)21-16(15)20/h3-9H,10H2,1-2H3;3-6H,7H2,1-2H3. The van der Waals surface area contributed by atoms with Crippen LogP contribution in [-0.2, 0) is 20.7 Å². The number of amides is 2. The third-order valence-corrected chi connectivity index (χ3v) is 11.1. The predicted octanol–water partition coefficient (Wildman–Crippen LogP) is 8.97. The lowest BCUT2D eigenvalue weighted by Crippen LogP contribution is -2.45. The Kier molecular flexibility index (Phi) is 9.17. The molecule has 0 fully saturated rings. The van der Waals surface area contributed by atoms with Gasteiger partial charge >= 0.3 is 0 Å². The first-order chi connectivity index (χ1) is 26.6. The van der Waals surface area contributed by atoms with Crippen LogP contribution < -0.4 is 9.47 Å². The summed E-state index contributed by atoms with van der Waals surface area (Å²) in [7, 11) is 3.28. The molecule has 5 aromatic rings. The molecule has 0 bridgehead atoms. The maximum atomic E-state index is 14.7. The molecular formula is C39H27BrCl2F3N7O4. The van der Waals surface area contributed by atoms with Crippen LogP contribution in [0.1, 0.15) is 48.9 Å². The third kappa shape index (κ3) is 5.99. The molecule has 4 aliphatic rings. The van der Waals surface area contributed by atoms with Crippen LogP contribution >= 0.6 is 39.1 Å². The lowest BCUT2D eigenvalue weighted by atomic mass is 9.76. The van der Waals surface area contributed by atoms with Gasteiger partial charge in [-0.25, -0.2) is 15.0 Å². The van der Waals surface area contributed by atoms with Crippen LogP contribution in [0.25, 0.3) is 11.1 Å². The number of aromatic nitrogens is 3. The van der Waals surface area contributed by atoms with Crippen molar-refractivity contribution in [2.75, 3.05) is 14.1 Å². The number of ether oxygens (including phenoxy) is 2. The van der Waals surface area contributed by atoms with Crippen molar-refractivity contribution in [3.63, 3.8) is 0 Å². The highest BCUT2D eigenvalue weighted by Crippen LogP contribution is 2.55. The number of rotatable bonds is 1.